The minimum Gasteiger partial charge on any atom is -0.472 e. The van der Waals surface area contributed by atoms with E-state index in [4.69, 9.17) is 18.6 Å². The molecule has 10 nitrogen and oxygen atoms in total. The minimum absolute atomic E-state index is 0.0695. The van der Waals surface area contributed by atoms with Gasteiger partial charge < -0.3 is 44.2 Å². The molecule has 2 aliphatic carbocycles. The molecule has 5 N–H and O–H groups in total. The summed E-state index contributed by atoms with van der Waals surface area (Å²) in [6, 6.07) is 8.74. The monoisotopic (exact) mass is 600 g/mol. The van der Waals surface area contributed by atoms with Crippen LogP contribution in [0, 0.1) is 22.7 Å². The Morgan fingerprint density at radius 2 is 1.84 bits per heavy atom. The Labute approximate surface area is 251 Å². The average molecular weight is 601 g/mol. The Morgan fingerprint density at radius 3 is 2.56 bits per heavy atom. The molecule has 3 aliphatic rings. The summed E-state index contributed by atoms with van der Waals surface area (Å²) in [7, 11) is 0. The lowest BCUT2D eigenvalue weighted by atomic mass is 9.45. The van der Waals surface area contributed by atoms with Crippen LogP contribution in [-0.4, -0.2) is 74.9 Å². The number of rotatable bonds is 9. The van der Waals surface area contributed by atoms with Gasteiger partial charge in [-0.05, 0) is 67.1 Å². The molecule has 1 saturated heterocycles. The van der Waals surface area contributed by atoms with Crippen LogP contribution in [0.3, 0.4) is 0 Å². The van der Waals surface area contributed by atoms with Gasteiger partial charge >= 0.3 is 5.97 Å². The zero-order chi connectivity index (χ0) is 30.9. The summed E-state index contributed by atoms with van der Waals surface area (Å²) in [5, 5.41) is 51.6. The van der Waals surface area contributed by atoms with Crippen molar-refractivity contribution in [3.05, 3.63) is 65.6 Å². The summed E-state index contributed by atoms with van der Waals surface area (Å²) in [6.45, 7) is 5.75. The molecule has 2 fully saturated rings. The summed E-state index contributed by atoms with van der Waals surface area (Å²) in [5.41, 5.74) is 1.23. The topological polar surface area (TPSA) is 159 Å². The van der Waals surface area contributed by atoms with Gasteiger partial charge in [-0.2, -0.15) is 0 Å². The van der Waals surface area contributed by atoms with Crippen molar-refractivity contribution >= 4 is 5.97 Å². The van der Waals surface area contributed by atoms with E-state index in [-0.39, 0.29) is 29.6 Å². The van der Waals surface area contributed by atoms with Gasteiger partial charge in [-0.15, -0.1) is 0 Å². The van der Waals surface area contributed by atoms with Gasteiger partial charge in [0.2, 0.25) is 6.29 Å². The van der Waals surface area contributed by atoms with Gasteiger partial charge in [0.05, 0.1) is 25.2 Å². The first-order chi connectivity index (χ1) is 20.5. The van der Waals surface area contributed by atoms with Crippen LogP contribution in [0.1, 0.15) is 57.6 Å². The number of para-hydroxylation sites is 1. The zero-order valence-corrected chi connectivity index (χ0v) is 25.0. The number of hydrogen-bond donors (Lipinski definition) is 5. The third-order valence-electron chi connectivity index (χ3n) is 10.5. The number of esters is 1. The predicted octanol–water partition coefficient (Wildman–Crippen LogP) is 2.88. The van der Waals surface area contributed by atoms with Crippen molar-refractivity contribution in [3.63, 3.8) is 0 Å². The first-order valence-corrected chi connectivity index (χ1v) is 15.1. The average Bonchev–Trinajstić information content (AvgIpc) is 3.53. The lowest BCUT2D eigenvalue weighted by Crippen LogP contribution is -2.60. The van der Waals surface area contributed by atoms with Gasteiger partial charge in [-0.3, -0.25) is 0 Å². The second kappa shape index (κ2) is 12.7. The SMILES string of the molecule is CC1CC(O)C2(C)C(C(=O)OCc3ccccc3OC3OC(CO)C(O)C(O)C3O)=CCCC2C1(C)CCc1ccoc1. The van der Waals surface area contributed by atoms with E-state index in [0.29, 0.717) is 24.0 Å². The molecular formula is C33H44O10. The number of benzene rings is 1. The highest BCUT2D eigenvalue weighted by molar-refractivity contribution is 5.90. The van der Waals surface area contributed by atoms with Crippen molar-refractivity contribution in [2.75, 3.05) is 6.61 Å². The van der Waals surface area contributed by atoms with Gasteiger partial charge in [0.15, 0.2) is 0 Å². The van der Waals surface area contributed by atoms with Gasteiger partial charge in [-0.25, -0.2) is 4.79 Å². The Hall–Kier alpha value is -2.73. The molecule has 1 aromatic heterocycles. The minimum atomic E-state index is -1.58. The van der Waals surface area contributed by atoms with Gasteiger partial charge in [0.25, 0.3) is 0 Å². The molecule has 0 amide bonds. The molecule has 43 heavy (non-hydrogen) atoms. The Kier molecular flexibility index (Phi) is 9.37. The molecule has 10 unspecified atom stereocenters. The van der Waals surface area contributed by atoms with Gasteiger partial charge in [-0.1, -0.05) is 45.0 Å². The maximum Gasteiger partial charge on any atom is 0.334 e. The predicted molar refractivity (Wildman–Crippen MR) is 154 cm³/mol. The van der Waals surface area contributed by atoms with Crippen molar-refractivity contribution in [2.45, 2.75) is 96.3 Å². The molecule has 1 aliphatic heterocycles. The van der Waals surface area contributed by atoms with E-state index in [1.54, 1.807) is 36.8 Å². The second-order valence-electron chi connectivity index (χ2n) is 12.8. The summed E-state index contributed by atoms with van der Waals surface area (Å²) in [5.74, 6) is 0.0784. The van der Waals surface area contributed by atoms with Crippen LogP contribution < -0.4 is 4.74 Å². The molecule has 10 atom stereocenters. The molecule has 1 aromatic carbocycles. The largest absolute Gasteiger partial charge is 0.472 e. The molecular weight excluding hydrogens is 556 g/mol. The molecule has 236 valence electrons. The summed E-state index contributed by atoms with van der Waals surface area (Å²) >= 11 is 0. The Balaban J connectivity index is 1.31. The van der Waals surface area contributed by atoms with E-state index in [1.165, 1.54) is 0 Å². The van der Waals surface area contributed by atoms with E-state index in [0.717, 1.165) is 24.8 Å². The van der Waals surface area contributed by atoms with Crippen molar-refractivity contribution in [1.29, 1.82) is 0 Å². The van der Waals surface area contributed by atoms with Crippen LogP contribution in [0.5, 0.6) is 5.75 Å². The van der Waals surface area contributed by atoms with Gasteiger partial charge in [0.1, 0.15) is 36.8 Å². The van der Waals surface area contributed by atoms with E-state index in [9.17, 15) is 30.3 Å². The second-order valence-corrected chi connectivity index (χ2v) is 12.8. The van der Waals surface area contributed by atoms with Crippen LogP contribution in [0.2, 0.25) is 0 Å². The molecule has 2 aromatic rings. The lowest BCUT2D eigenvalue weighted by molar-refractivity contribution is -0.277. The third-order valence-corrected chi connectivity index (χ3v) is 10.5. The normalized spacial score (nSPS) is 37.7. The van der Waals surface area contributed by atoms with Crippen molar-refractivity contribution in [1.82, 2.24) is 0 Å². The first kappa shape index (κ1) is 31.7. The summed E-state index contributed by atoms with van der Waals surface area (Å²) in [6.07, 6.45) is 1.44. The third kappa shape index (κ3) is 5.89. The molecule has 0 radical (unpaired) electrons. The van der Waals surface area contributed by atoms with Gasteiger partial charge in [0, 0.05) is 16.6 Å². The van der Waals surface area contributed by atoms with Crippen LogP contribution in [0.15, 0.2) is 58.9 Å². The number of carbonyl (C=O) groups is 1. The van der Waals surface area contributed by atoms with E-state index in [1.807, 2.05) is 19.1 Å². The lowest BCUT2D eigenvalue weighted by Gasteiger charge is -2.59. The highest BCUT2D eigenvalue weighted by Crippen LogP contribution is 2.62. The number of aliphatic hydroxyl groups is 5. The van der Waals surface area contributed by atoms with Crippen LogP contribution in [0.25, 0.3) is 0 Å². The maximum absolute atomic E-state index is 13.7. The molecule has 0 spiro atoms. The molecule has 0 bridgehead atoms. The summed E-state index contributed by atoms with van der Waals surface area (Å²) < 4.78 is 22.4. The van der Waals surface area contributed by atoms with Crippen molar-refractivity contribution < 1.29 is 49.0 Å². The summed E-state index contributed by atoms with van der Waals surface area (Å²) in [4.78, 5) is 13.7. The van der Waals surface area contributed by atoms with Crippen LogP contribution in [0.4, 0.5) is 0 Å². The van der Waals surface area contributed by atoms with E-state index < -0.39 is 54.8 Å². The molecule has 2 heterocycles. The number of furan rings is 1. The standard InChI is InChI=1S/C33H44O10/c1-19-15-26(35)33(3)22(8-6-10-25(33)32(19,2)13-11-20-12-14-40-17-20)30(39)41-18-21-7-4-5-9-23(21)42-31-29(38)28(37)27(36)24(16-34)43-31/h4-5,7-9,12,14,17,19,24-29,31,34-38H,6,10-11,13,15-16,18H2,1-3H3. The fraction of sp³-hybridized carbons (Fsp3) is 0.606. The Bertz CT molecular complexity index is 1270. The van der Waals surface area contributed by atoms with Crippen LogP contribution in [-0.2, 0) is 27.3 Å². The maximum atomic E-state index is 13.7. The molecule has 1 saturated carbocycles. The molecule has 5 rings (SSSR count). The fourth-order valence-corrected chi connectivity index (χ4v) is 7.54. The quantitative estimate of drug-likeness (QED) is 0.271. The number of aliphatic hydroxyl groups excluding tert-OH is 5. The Morgan fingerprint density at radius 1 is 1.07 bits per heavy atom. The van der Waals surface area contributed by atoms with E-state index >= 15 is 0 Å². The van der Waals surface area contributed by atoms with E-state index in [2.05, 4.69) is 13.8 Å². The number of hydrogen-bond acceptors (Lipinski definition) is 10. The highest BCUT2D eigenvalue weighted by Gasteiger charge is 2.59. The number of allylic oxidation sites excluding steroid dienone is 1. The first-order valence-electron chi connectivity index (χ1n) is 15.1. The van der Waals surface area contributed by atoms with Crippen molar-refractivity contribution in [2.24, 2.45) is 22.7 Å². The molecule has 10 heteroatoms. The number of fused-ring (bicyclic) bond motifs is 1. The number of carbonyl (C=O) groups excluding carboxylic acids is 1. The van der Waals surface area contributed by atoms with Crippen LogP contribution >= 0.6 is 0 Å². The fourth-order valence-electron chi connectivity index (χ4n) is 7.54. The number of aryl methyl sites for hydroxylation is 1. The smallest absolute Gasteiger partial charge is 0.334 e. The zero-order valence-electron chi connectivity index (χ0n) is 25.0. The number of ether oxygens (including phenoxy) is 3. The highest BCUT2D eigenvalue weighted by atomic mass is 16.7. The van der Waals surface area contributed by atoms with Crippen molar-refractivity contribution in [3.8, 4) is 5.75 Å².